The topological polar surface area (TPSA) is 66.8 Å². The Bertz CT molecular complexity index is 900. The highest BCUT2D eigenvalue weighted by atomic mass is 35.5. The molecule has 0 spiro atoms. The van der Waals surface area contributed by atoms with Crippen LogP contribution < -0.4 is 4.90 Å². The molecule has 2 heterocycles. The third-order valence-electron chi connectivity index (χ3n) is 5.41. The standard InChI is InChI=1S/C18H20ClFN2O3S2/c19-13-8-12(6-7-14(13)20)22-15-9-27(24,25)10-16(15)26-18(22)21-17(23)11-4-2-1-3-5-11/h6-8,11,15-16H,1-5,9-10H2/t15-,16+/m1/s1. The second-order valence-corrected chi connectivity index (χ2v) is 11.1. The predicted octanol–water partition coefficient (Wildman–Crippen LogP) is 3.66. The van der Waals surface area contributed by atoms with Gasteiger partial charge in [0.25, 0.3) is 5.91 Å². The van der Waals surface area contributed by atoms with Gasteiger partial charge in [0.15, 0.2) is 15.0 Å². The van der Waals surface area contributed by atoms with E-state index in [0.717, 1.165) is 32.1 Å². The van der Waals surface area contributed by atoms with Crippen molar-refractivity contribution in [2.75, 3.05) is 16.4 Å². The number of amides is 1. The third-order valence-corrected chi connectivity index (χ3v) is 8.91. The molecule has 1 amide bonds. The van der Waals surface area contributed by atoms with Crippen molar-refractivity contribution in [2.24, 2.45) is 10.9 Å². The molecule has 2 saturated heterocycles. The minimum atomic E-state index is -3.15. The van der Waals surface area contributed by atoms with E-state index >= 15 is 0 Å². The summed E-state index contributed by atoms with van der Waals surface area (Å²) in [6.45, 7) is 0. The summed E-state index contributed by atoms with van der Waals surface area (Å²) < 4.78 is 37.8. The molecule has 146 valence electrons. The number of benzene rings is 1. The molecule has 0 bridgehead atoms. The fraction of sp³-hybridized carbons (Fsp3) is 0.556. The quantitative estimate of drug-likeness (QED) is 0.716. The second-order valence-electron chi connectivity index (χ2n) is 7.34. The zero-order valence-electron chi connectivity index (χ0n) is 14.6. The predicted molar refractivity (Wildman–Crippen MR) is 107 cm³/mol. The number of amidine groups is 1. The molecular formula is C18H20ClFN2O3S2. The van der Waals surface area contributed by atoms with Crippen LogP contribution in [0.25, 0.3) is 0 Å². The summed E-state index contributed by atoms with van der Waals surface area (Å²) in [5.41, 5.74) is 0.564. The van der Waals surface area contributed by atoms with Gasteiger partial charge in [0.05, 0.1) is 22.6 Å². The molecular weight excluding hydrogens is 411 g/mol. The lowest BCUT2D eigenvalue weighted by Gasteiger charge is -2.25. The number of hydrogen-bond donors (Lipinski definition) is 0. The maximum absolute atomic E-state index is 13.6. The van der Waals surface area contributed by atoms with Gasteiger partial charge in [0, 0.05) is 16.9 Å². The highest BCUT2D eigenvalue weighted by molar-refractivity contribution is 8.16. The maximum atomic E-state index is 13.6. The van der Waals surface area contributed by atoms with E-state index in [9.17, 15) is 17.6 Å². The number of aliphatic imine (C=N–C) groups is 1. The van der Waals surface area contributed by atoms with E-state index < -0.39 is 15.7 Å². The maximum Gasteiger partial charge on any atom is 0.251 e. The van der Waals surface area contributed by atoms with Crippen molar-refractivity contribution in [3.63, 3.8) is 0 Å². The molecule has 1 saturated carbocycles. The zero-order chi connectivity index (χ0) is 19.2. The van der Waals surface area contributed by atoms with Crippen molar-refractivity contribution in [1.29, 1.82) is 0 Å². The van der Waals surface area contributed by atoms with Gasteiger partial charge in [-0.05, 0) is 31.0 Å². The lowest BCUT2D eigenvalue weighted by Crippen LogP contribution is -2.38. The van der Waals surface area contributed by atoms with Gasteiger partial charge in [-0.1, -0.05) is 42.6 Å². The van der Waals surface area contributed by atoms with E-state index in [0.29, 0.717) is 10.9 Å². The van der Waals surface area contributed by atoms with Crippen LogP contribution in [0.5, 0.6) is 0 Å². The van der Waals surface area contributed by atoms with Gasteiger partial charge in [-0.3, -0.25) is 4.79 Å². The number of carbonyl (C=O) groups is 1. The molecule has 3 aliphatic rings. The normalized spacial score (nSPS) is 29.3. The molecule has 3 fully saturated rings. The number of thioether (sulfide) groups is 1. The number of anilines is 1. The van der Waals surface area contributed by atoms with E-state index in [-0.39, 0.29) is 39.6 Å². The SMILES string of the molecule is O=C(N=C1S[C@H]2CS(=O)(=O)C[C@H]2N1c1ccc(F)c(Cl)c1)C1CCCCC1. The fourth-order valence-corrected chi connectivity index (χ4v) is 8.13. The lowest BCUT2D eigenvalue weighted by molar-refractivity contribution is -0.122. The first-order valence-electron chi connectivity index (χ1n) is 9.08. The summed E-state index contributed by atoms with van der Waals surface area (Å²) in [7, 11) is -3.15. The molecule has 9 heteroatoms. The molecule has 1 aromatic carbocycles. The second kappa shape index (κ2) is 7.37. The first-order chi connectivity index (χ1) is 12.8. The summed E-state index contributed by atoms with van der Waals surface area (Å²) in [4.78, 5) is 18.8. The van der Waals surface area contributed by atoms with Crippen LogP contribution >= 0.6 is 23.4 Å². The molecule has 4 rings (SSSR count). The fourth-order valence-electron chi connectivity index (χ4n) is 4.04. The van der Waals surface area contributed by atoms with Crippen LogP contribution in [0.4, 0.5) is 10.1 Å². The summed E-state index contributed by atoms with van der Waals surface area (Å²) >= 11 is 7.26. The van der Waals surface area contributed by atoms with Crippen molar-refractivity contribution in [3.05, 3.63) is 29.0 Å². The number of halogens is 2. The van der Waals surface area contributed by atoms with Crippen molar-refractivity contribution in [1.82, 2.24) is 0 Å². The van der Waals surface area contributed by atoms with Gasteiger partial charge >= 0.3 is 0 Å². The van der Waals surface area contributed by atoms with Crippen LogP contribution in [-0.2, 0) is 14.6 Å². The van der Waals surface area contributed by atoms with Crippen LogP contribution in [0, 0.1) is 11.7 Å². The van der Waals surface area contributed by atoms with Crippen LogP contribution in [0.1, 0.15) is 32.1 Å². The lowest BCUT2D eigenvalue weighted by atomic mass is 9.89. The van der Waals surface area contributed by atoms with Crippen LogP contribution in [-0.4, -0.2) is 42.3 Å². The zero-order valence-corrected chi connectivity index (χ0v) is 17.0. The monoisotopic (exact) mass is 430 g/mol. The third kappa shape index (κ3) is 3.89. The molecule has 27 heavy (non-hydrogen) atoms. The smallest absolute Gasteiger partial charge is 0.251 e. The largest absolute Gasteiger partial charge is 0.316 e. The van der Waals surface area contributed by atoms with Crippen LogP contribution in [0.2, 0.25) is 5.02 Å². The van der Waals surface area contributed by atoms with E-state index in [2.05, 4.69) is 4.99 Å². The molecule has 0 aromatic heterocycles. The van der Waals surface area contributed by atoms with Crippen molar-refractivity contribution < 1.29 is 17.6 Å². The van der Waals surface area contributed by atoms with Crippen LogP contribution in [0.3, 0.4) is 0 Å². The van der Waals surface area contributed by atoms with Crippen LogP contribution in [0.15, 0.2) is 23.2 Å². The van der Waals surface area contributed by atoms with E-state index in [1.807, 2.05) is 0 Å². The Morgan fingerprint density at radius 1 is 1.22 bits per heavy atom. The van der Waals surface area contributed by atoms with Gasteiger partial charge in [0.2, 0.25) is 0 Å². The first-order valence-corrected chi connectivity index (χ1v) is 12.2. The highest BCUT2D eigenvalue weighted by Crippen LogP contribution is 2.42. The average Bonchev–Trinajstić information content (AvgIpc) is 3.09. The van der Waals surface area contributed by atoms with Gasteiger partial charge in [-0.25, -0.2) is 12.8 Å². The van der Waals surface area contributed by atoms with Gasteiger partial charge < -0.3 is 4.90 Å². The van der Waals surface area contributed by atoms with E-state index in [4.69, 9.17) is 11.6 Å². The Morgan fingerprint density at radius 2 is 1.96 bits per heavy atom. The van der Waals surface area contributed by atoms with Gasteiger partial charge in [0.1, 0.15) is 5.82 Å². The highest BCUT2D eigenvalue weighted by Gasteiger charge is 2.49. The molecule has 0 radical (unpaired) electrons. The molecule has 1 aliphatic carbocycles. The summed E-state index contributed by atoms with van der Waals surface area (Å²) in [6, 6.07) is 3.94. The molecule has 2 atom stereocenters. The van der Waals surface area contributed by atoms with Gasteiger partial charge in [-0.2, -0.15) is 4.99 Å². The number of carbonyl (C=O) groups excluding carboxylic acids is 1. The van der Waals surface area contributed by atoms with Crippen molar-refractivity contribution in [2.45, 2.75) is 43.4 Å². The Labute approximate surface area is 167 Å². The average molecular weight is 431 g/mol. The summed E-state index contributed by atoms with van der Waals surface area (Å²) in [5, 5.41) is 0.273. The van der Waals surface area contributed by atoms with Crippen molar-refractivity contribution in [3.8, 4) is 0 Å². The number of sulfone groups is 1. The summed E-state index contributed by atoms with van der Waals surface area (Å²) in [6.07, 6.45) is 4.93. The number of hydrogen-bond acceptors (Lipinski definition) is 4. The minimum absolute atomic E-state index is 0.00367. The Hall–Kier alpha value is -1.12. The van der Waals surface area contributed by atoms with Crippen molar-refractivity contribution >= 4 is 50.0 Å². The molecule has 0 unspecified atom stereocenters. The van der Waals surface area contributed by atoms with E-state index in [1.54, 1.807) is 11.0 Å². The summed E-state index contributed by atoms with van der Waals surface area (Å²) in [5.74, 6) is -0.687. The number of rotatable bonds is 2. The number of fused-ring (bicyclic) bond motifs is 1. The van der Waals surface area contributed by atoms with E-state index in [1.165, 1.54) is 23.9 Å². The minimum Gasteiger partial charge on any atom is -0.316 e. The molecule has 2 aliphatic heterocycles. The van der Waals surface area contributed by atoms with Gasteiger partial charge in [-0.15, -0.1) is 0 Å². The Balaban J connectivity index is 1.68. The number of nitrogens with zero attached hydrogens (tertiary/aromatic N) is 2. The molecule has 1 aromatic rings. The molecule has 5 nitrogen and oxygen atoms in total. The Morgan fingerprint density at radius 3 is 2.67 bits per heavy atom. The molecule has 0 N–H and O–H groups in total. The first kappa shape index (κ1) is 19.2. The Kier molecular flexibility index (Phi) is 5.24.